The van der Waals surface area contributed by atoms with E-state index >= 15 is 0 Å². The molecule has 2 aromatic carbocycles. The number of benzene rings is 2. The summed E-state index contributed by atoms with van der Waals surface area (Å²) in [4.78, 5) is 33.5. The predicted octanol–water partition coefficient (Wildman–Crippen LogP) is 5.32. The van der Waals surface area contributed by atoms with Crippen LogP contribution in [0.2, 0.25) is 0 Å². The first-order valence-electron chi connectivity index (χ1n) is 11.7. The van der Waals surface area contributed by atoms with Crippen LogP contribution in [0, 0.1) is 12.3 Å². The molecule has 1 amide bonds. The normalized spacial score (nSPS) is 11.7. The summed E-state index contributed by atoms with van der Waals surface area (Å²) >= 11 is 0. The second-order valence-electron chi connectivity index (χ2n) is 8.34. The van der Waals surface area contributed by atoms with Crippen molar-refractivity contribution in [1.82, 2.24) is 24.7 Å². The summed E-state index contributed by atoms with van der Waals surface area (Å²) in [6, 6.07) is 18.5. The highest BCUT2D eigenvalue weighted by atomic mass is 19.4. The molecule has 1 atom stereocenters. The number of carbonyl (C=O) groups excluding carboxylic acids is 1. The molecular weight excluding hydrogens is 525 g/mol. The third kappa shape index (κ3) is 6.51. The Morgan fingerprint density at radius 3 is 2.55 bits per heavy atom. The Kier molecular flexibility index (Phi) is 8.24. The molecule has 3 N–H and O–H groups in total. The van der Waals surface area contributed by atoms with Gasteiger partial charge in [-0.3, -0.25) is 9.48 Å². The molecule has 0 aliphatic rings. The van der Waals surface area contributed by atoms with Gasteiger partial charge >= 0.3 is 12.1 Å². The molecule has 0 aliphatic heterocycles. The molecule has 0 bridgehead atoms. The summed E-state index contributed by atoms with van der Waals surface area (Å²) in [5, 5.41) is 15.5. The van der Waals surface area contributed by atoms with E-state index in [0.29, 0.717) is 12.0 Å². The lowest BCUT2D eigenvalue weighted by Gasteiger charge is -2.16. The maximum atomic E-state index is 12.8. The number of hydrogen-bond donors (Lipinski definition) is 3. The quantitative estimate of drug-likeness (QED) is 0.248. The number of fused-ring (bicyclic) bond motifs is 1. The van der Waals surface area contributed by atoms with Crippen LogP contribution in [-0.4, -0.2) is 47.9 Å². The molecule has 1 unspecified atom stereocenters. The van der Waals surface area contributed by atoms with Crippen molar-refractivity contribution in [1.29, 1.82) is 0 Å². The van der Waals surface area contributed by atoms with E-state index in [1.54, 1.807) is 12.3 Å². The first kappa shape index (κ1) is 27.6. The monoisotopic (exact) mass is 546 g/mol. The number of carboxylic acids is 1. The van der Waals surface area contributed by atoms with Crippen LogP contribution in [0.15, 0.2) is 85.6 Å². The second kappa shape index (κ2) is 12.0. The molecule has 9 nitrogen and oxygen atoms in total. The molecule has 0 fully saturated rings. The third-order valence-corrected chi connectivity index (χ3v) is 5.67. The van der Waals surface area contributed by atoms with Gasteiger partial charge in [0, 0.05) is 41.0 Å². The number of nitrogens with one attached hydrogen (secondary N) is 2. The standard InChI is InChI=1S/C26H20N6O.C2HF3O2/c1-2-7-23(18-8-6-9-19(14-18)26(33)31-21-10-4-3-5-11-21)32-16-20(15-30-32)24-22-12-13-27-25(22)29-17-28-24;3-2(4,5)1(6)7/h1,3-6,8-17,23H,7H2,(H,31,33)(H,27,28,29);(H,6,7). The van der Waals surface area contributed by atoms with Crippen LogP contribution >= 0.6 is 0 Å². The van der Waals surface area contributed by atoms with Crippen LogP contribution in [-0.2, 0) is 4.79 Å². The molecule has 40 heavy (non-hydrogen) atoms. The maximum Gasteiger partial charge on any atom is 0.490 e. The van der Waals surface area contributed by atoms with Gasteiger partial charge in [0.05, 0.1) is 17.9 Å². The Bertz CT molecular complexity index is 1670. The van der Waals surface area contributed by atoms with E-state index in [0.717, 1.165) is 33.5 Å². The highest BCUT2D eigenvalue weighted by Crippen LogP contribution is 2.28. The van der Waals surface area contributed by atoms with E-state index in [4.69, 9.17) is 16.3 Å². The number of H-pyrrole nitrogens is 1. The molecule has 5 rings (SSSR count). The SMILES string of the molecule is C#CCC(c1cccc(C(=O)Nc2ccccc2)c1)n1cc(-c2ncnc3[nH]ccc23)cn1.O=C(O)C(F)(F)F. The zero-order valence-electron chi connectivity index (χ0n) is 20.6. The number of hydrogen-bond acceptors (Lipinski definition) is 5. The lowest BCUT2D eigenvalue weighted by atomic mass is 10.0. The van der Waals surface area contributed by atoms with E-state index in [-0.39, 0.29) is 11.9 Å². The first-order valence-corrected chi connectivity index (χ1v) is 11.7. The molecule has 202 valence electrons. The minimum Gasteiger partial charge on any atom is -0.475 e. The van der Waals surface area contributed by atoms with Crippen LogP contribution in [0.3, 0.4) is 0 Å². The molecule has 0 spiro atoms. The summed E-state index contributed by atoms with van der Waals surface area (Å²) in [6.07, 6.45) is 8.08. The Morgan fingerprint density at radius 2 is 1.85 bits per heavy atom. The third-order valence-electron chi connectivity index (χ3n) is 5.67. The van der Waals surface area contributed by atoms with Crippen molar-refractivity contribution in [3.05, 3.63) is 96.7 Å². The van der Waals surface area contributed by atoms with E-state index in [9.17, 15) is 18.0 Å². The van der Waals surface area contributed by atoms with Gasteiger partial charge < -0.3 is 15.4 Å². The molecular formula is C28H21F3N6O3. The number of aliphatic carboxylic acids is 1. The van der Waals surface area contributed by atoms with Crippen molar-refractivity contribution in [2.24, 2.45) is 0 Å². The largest absolute Gasteiger partial charge is 0.490 e. The van der Waals surface area contributed by atoms with Crippen molar-refractivity contribution in [2.45, 2.75) is 18.6 Å². The number of para-hydroxylation sites is 1. The number of alkyl halides is 3. The molecule has 3 heterocycles. The smallest absolute Gasteiger partial charge is 0.475 e. The van der Waals surface area contributed by atoms with Crippen molar-refractivity contribution in [2.75, 3.05) is 5.32 Å². The second-order valence-corrected chi connectivity index (χ2v) is 8.34. The van der Waals surface area contributed by atoms with Crippen molar-refractivity contribution in [3.63, 3.8) is 0 Å². The van der Waals surface area contributed by atoms with Gasteiger partial charge in [0.15, 0.2) is 0 Å². The van der Waals surface area contributed by atoms with Crippen LogP contribution in [0.25, 0.3) is 22.3 Å². The highest BCUT2D eigenvalue weighted by molar-refractivity contribution is 6.04. The molecule has 5 aromatic rings. The van der Waals surface area contributed by atoms with Gasteiger partial charge in [0.1, 0.15) is 12.0 Å². The summed E-state index contributed by atoms with van der Waals surface area (Å²) < 4.78 is 33.6. The van der Waals surface area contributed by atoms with Crippen molar-refractivity contribution < 1.29 is 27.9 Å². The zero-order valence-corrected chi connectivity index (χ0v) is 20.6. The fourth-order valence-electron chi connectivity index (χ4n) is 3.82. The average Bonchev–Trinajstić information content (AvgIpc) is 3.62. The Balaban J connectivity index is 0.000000470. The molecule has 12 heteroatoms. The number of nitrogens with zero attached hydrogens (tertiary/aromatic N) is 4. The number of carboxylic acid groups (broad SMARTS) is 1. The van der Waals surface area contributed by atoms with Crippen LogP contribution in [0.4, 0.5) is 18.9 Å². The highest BCUT2D eigenvalue weighted by Gasteiger charge is 2.38. The van der Waals surface area contributed by atoms with E-state index in [1.807, 2.05) is 71.7 Å². The Hall–Kier alpha value is -5.44. The van der Waals surface area contributed by atoms with E-state index in [1.165, 1.54) is 6.33 Å². The molecule has 0 radical (unpaired) electrons. The number of terminal acetylenes is 1. The zero-order chi connectivity index (χ0) is 28.7. The molecule has 3 aromatic heterocycles. The van der Waals surface area contributed by atoms with Crippen LogP contribution in [0.1, 0.15) is 28.4 Å². The molecule has 0 saturated carbocycles. The first-order chi connectivity index (χ1) is 19.2. The van der Waals surface area contributed by atoms with E-state index < -0.39 is 12.1 Å². The van der Waals surface area contributed by atoms with Crippen LogP contribution < -0.4 is 5.32 Å². The Morgan fingerprint density at radius 1 is 1.10 bits per heavy atom. The minimum absolute atomic E-state index is 0.181. The number of carbonyl (C=O) groups is 2. The minimum atomic E-state index is -5.08. The fraction of sp³-hybridized carbons (Fsp3) is 0.107. The van der Waals surface area contributed by atoms with Gasteiger partial charge in [-0.25, -0.2) is 14.8 Å². The number of amides is 1. The average molecular weight is 547 g/mol. The van der Waals surface area contributed by atoms with Gasteiger partial charge in [-0.2, -0.15) is 18.3 Å². The number of aromatic nitrogens is 5. The van der Waals surface area contributed by atoms with Gasteiger partial charge in [0.2, 0.25) is 0 Å². The number of anilines is 1. The Labute approximate surface area is 225 Å². The molecule has 0 saturated heterocycles. The number of halogens is 3. The summed E-state index contributed by atoms with van der Waals surface area (Å²) in [7, 11) is 0. The topological polar surface area (TPSA) is 126 Å². The summed E-state index contributed by atoms with van der Waals surface area (Å²) in [5.74, 6) is -0.202. The van der Waals surface area contributed by atoms with Crippen molar-refractivity contribution >= 4 is 28.6 Å². The van der Waals surface area contributed by atoms with Gasteiger partial charge in [-0.1, -0.05) is 30.3 Å². The maximum absolute atomic E-state index is 12.8. The van der Waals surface area contributed by atoms with Gasteiger partial charge in [-0.15, -0.1) is 12.3 Å². The summed E-state index contributed by atoms with van der Waals surface area (Å²) in [5.41, 5.74) is 4.62. The predicted molar refractivity (Wildman–Crippen MR) is 141 cm³/mol. The van der Waals surface area contributed by atoms with Crippen LogP contribution in [0.5, 0.6) is 0 Å². The van der Waals surface area contributed by atoms with Crippen molar-refractivity contribution in [3.8, 4) is 23.6 Å². The lowest BCUT2D eigenvalue weighted by molar-refractivity contribution is -0.192. The van der Waals surface area contributed by atoms with Gasteiger partial charge in [-0.05, 0) is 35.9 Å². The summed E-state index contributed by atoms with van der Waals surface area (Å²) in [6.45, 7) is 0. The molecule has 0 aliphatic carbocycles. The number of rotatable bonds is 6. The van der Waals surface area contributed by atoms with E-state index in [2.05, 4.69) is 31.3 Å². The fourth-order valence-corrected chi connectivity index (χ4v) is 3.82. The lowest BCUT2D eigenvalue weighted by Crippen LogP contribution is -2.21. The number of aromatic amines is 1. The van der Waals surface area contributed by atoms with Gasteiger partial charge in [0.25, 0.3) is 5.91 Å².